The van der Waals surface area contributed by atoms with E-state index in [9.17, 15) is 9.59 Å². The van der Waals surface area contributed by atoms with Crippen molar-refractivity contribution < 1.29 is 14.0 Å². The quantitative estimate of drug-likeness (QED) is 0.827. The van der Waals surface area contributed by atoms with E-state index in [0.29, 0.717) is 12.6 Å². The summed E-state index contributed by atoms with van der Waals surface area (Å²) >= 11 is 0. The summed E-state index contributed by atoms with van der Waals surface area (Å²) in [6, 6.07) is 4.13. The standard InChI is InChI=1S/C18H29N3O3/c1-13-6-9-15(24-13)10-21(14-7-8-14)17(23)12-20(5)11-16(22)19-18(2,3)4/h6,9,14H,7-8,10-12H2,1-5H3,(H,19,22). The van der Waals surface area contributed by atoms with E-state index in [-0.39, 0.29) is 30.4 Å². The summed E-state index contributed by atoms with van der Waals surface area (Å²) in [5.41, 5.74) is -0.265. The minimum absolute atomic E-state index is 0.0395. The molecular weight excluding hydrogens is 306 g/mol. The van der Waals surface area contributed by atoms with Gasteiger partial charge in [-0.1, -0.05) is 0 Å². The lowest BCUT2D eigenvalue weighted by atomic mass is 10.1. The molecule has 134 valence electrons. The first-order chi connectivity index (χ1) is 11.1. The maximum Gasteiger partial charge on any atom is 0.237 e. The minimum Gasteiger partial charge on any atom is -0.464 e. The number of amides is 2. The van der Waals surface area contributed by atoms with Crippen LogP contribution in [-0.2, 0) is 16.1 Å². The first kappa shape index (κ1) is 18.5. The molecule has 1 aliphatic rings. The van der Waals surface area contributed by atoms with Crippen LogP contribution in [0.25, 0.3) is 0 Å². The summed E-state index contributed by atoms with van der Waals surface area (Å²) in [5.74, 6) is 1.63. The number of hydrogen-bond acceptors (Lipinski definition) is 4. The normalized spacial score (nSPS) is 14.8. The van der Waals surface area contributed by atoms with Crippen molar-refractivity contribution in [3.8, 4) is 0 Å². The molecule has 0 atom stereocenters. The van der Waals surface area contributed by atoms with Crippen LogP contribution in [0.3, 0.4) is 0 Å². The molecule has 1 fully saturated rings. The molecule has 0 aliphatic heterocycles. The van der Waals surface area contributed by atoms with E-state index in [1.807, 2.05) is 44.7 Å². The lowest BCUT2D eigenvalue weighted by Gasteiger charge is -2.26. The van der Waals surface area contributed by atoms with Gasteiger partial charge in [0.2, 0.25) is 11.8 Å². The van der Waals surface area contributed by atoms with Crippen molar-refractivity contribution in [2.45, 2.75) is 58.7 Å². The number of hydrogen-bond donors (Lipinski definition) is 1. The van der Waals surface area contributed by atoms with Gasteiger partial charge in [0.1, 0.15) is 11.5 Å². The van der Waals surface area contributed by atoms with Gasteiger partial charge >= 0.3 is 0 Å². The highest BCUT2D eigenvalue weighted by atomic mass is 16.3. The van der Waals surface area contributed by atoms with Crippen LogP contribution in [0.2, 0.25) is 0 Å². The maximum absolute atomic E-state index is 12.6. The minimum atomic E-state index is -0.265. The molecule has 0 aromatic carbocycles. The Balaban J connectivity index is 1.87. The van der Waals surface area contributed by atoms with Crippen LogP contribution in [0.15, 0.2) is 16.5 Å². The highest BCUT2D eigenvalue weighted by Crippen LogP contribution is 2.28. The Bertz CT molecular complexity index is 585. The Kier molecular flexibility index (Phi) is 5.70. The molecule has 1 saturated carbocycles. The molecule has 6 nitrogen and oxygen atoms in total. The van der Waals surface area contributed by atoms with Gasteiger partial charge in [0.15, 0.2) is 0 Å². The predicted octanol–water partition coefficient (Wildman–Crippen LogP) is 1.93. The van der Waals surface area contributed by atoms with E-state index in [4.69, 9.17) is 4.42 Å². The molecule has 0 saturated heterocycles. The van der Waals surface area contributed by atoms with Gasteiger partial charge in [-0.15, -0.1) is 0 Å². The molecule has 24 heavy (non-hydrogen) atoms. The van der Waals surface area contributed by atoms with E-state index in [0.717, 1.165) is 24.4 Å². The zero-order valence-corrected chi connectivity index (χ0v) is 15.4. The molecule has 2 amide bonds. The largest absolute Gasteiger partial charge is 0.464 e. The summed E-state index contributed by atoms with van der Waals surface area (Å²) in [5, 5.41) is 2.91. The van der Waals surface area contributed by atoms with Crippen LogP contribution in [0.1, 0.15) is 45.1 Å². The number of rotatable bonds is 7. The average molecular weight is 335 g/mol. The number of likely N-dealkylation sites (N-methyl/N-ethyl adjacent to an activating group) is 1. The third kappa shape index (κ3) is 6.00. The van der Waals surface area contributed by atoms with Gasteiger partial charge in [0.25, 0.3) is 0 Å². The van der Waals surface area contributed by atoms with Crippen molar-refractivity contribution in [2.24, 2.45) is 0 Å². The fourth-order valence-corrected chi connectivity index (χ4v) is 2.63. The summed E-state index contributed by atoms with van der Waals surface area (Å²) in [4.78, 5) is 28.2. The average Bonchev–Trinajstić information content (AvgIpc) is 3.16. The SMILES string of the molecule is Cc1ccc(CN(C(=O)CN(C)CC(=O)NC(C)(C)C)C2CC2)o1. The van der Waals surface area contributed by atoms with E-state index in [1.165, 1.54) is 0 Å². The fourth-order valence-electron chi connectivity index (χ4n) is 2.63. The Morgan fingerprint density at radius 2 is 1.92 bits per heavy atom. The van der Waals surface area contributed by atoms with Gasteiger partial charge in [0, 0.05) is 11.6 Å². The number of furan rings is 1. The van der Waals surface area contributed by atoms with Crippen molar-refractivity contribution in [2.75, 3.05) is 20.1 Å². The Hall–Kier alpha value is -1.82. The Morgan fingerprint density at radius 3 is 2.42 bits per heavy atom. The van der Waals surface area contributed by atoms with Gasteiger partial charge in [-0.3, -0.25) is 14.5 Å². The summed E-state index contributed by atoms with van der Waals surface area (Å²) in [7, 11) is 1.79. The van der Waals surface area contributed by atoms with Gasteiger partial charge in [-0.2, -0.15) is 0 Å². The van der Waals surface area contributed by atoms with Crippen molar-refractivity contribution in [1.82, 2.24) is 15.1 Å². The lowest BCUT2D eigenvalue weighted by molar-refractivity contribution is -0.134. The van der Waals surface area contributed by atoms with Crippen molar-refractivity contribution in [3.63, 3.8) is 0 Å². The van der Waals surface area contributed by atoms with E-state index >= 15 is 0 Å². The Labute approximate surface area is 144 Å². The molecule has 2 rings (SSSR count). The molecule has 1 aromatic heterocycles. The molecule has 0 spiro atoms. The molecular formula is C18H29N3O3. The van der Waals surface area contributed by atoms with Crippen molar-refractivity contribution in [3.05, 3.63) is 23.7 Å². The third-order valence-electron chi connectivity index (χ3n) is 3.76. The molecule has 6 heteroatoms. The third-order valence-corrected chi connectivity index (χ3v) is 3.76. The first-order valence-corrected chi connectivity index (χ1v) is 8.48. The molecule has 0 bridgehead atoms. The second-order valence-corrected chi connectivity index (χ2v) is 7.74. The highest BCUT2D eigenvalue weighted by Gasteiger charge is 2.33. The molecule has 1 aliphatic carbocycles. The van der Waals surface area contributed by atoms with Crippen LogP contribution in [0.5, 0.6) is 0 Å². The number of aryl methyl sites for hydroxylation is 1. The van der Waals surface area contributed by atoms with Crippen molar-refractivity contribution >= 4 is 11.8 Å². The molecule has 1 heterocycles. The Morgan fingerprint density at radius 1 is 1.25 bits per heavy atom. The van der Waals surface area contributed by atoms with Crippen LogP contribution in [0, 0.1) is 6.92 Å². The maximum atomic E-state index is 12.6. The topological polar surface area (TPSA) is 65.8 Å². The van der Waals surface area contributed by atoms with Crippen LogP contribution >= 0.6 is 0 Å². The van der Waals surface area contributed by atoms with Gasteiger partial charge < -0.3 is 14.6 Å². The summed E-state index contributed by atoms with van der Waals surface area (Å²) in [6.07, 6.45) is 2.08. The van der Waals surface area contributed by atoms with E-state index in [1.54, 1.807) is 11.9 Å². The van der Waals surface area contributed by atoms with Crippen molar-refractivity contribution in [1.29, 1.82) is 0 Å². The lowest BCUT2D eigenvalue weighted by Crippen LogP contribution is -2.47. The van der Waals surface area contributed by atoms with E-state index in [2.05, 4.69) is 5.32 Å². The second kappa shape index (κ2) is 7.38. The monoisotopic (exact) mass is 335 g/mol. The summed E-state index contributed by atoms with van der Waals surface area (Å²) < 4.78 is 5.59. The molecule has 1 aromatic rings. The number of nitrogens with one attached hydrogen (secondary N) is 1. The number of nitrogens with zero attached hydrogens (tertiary/aromatic N) is 2. The first-order valence-electron chi connectivity index (χ1n) is 8.48. The zero-order chi connectivity index (χ0) is 17.9. The van der Waals surface area contributed by atoms with Gasteiger partial charge in [-0.25, -0.2) is 0 Å². The summed E-state index contributed by atoms with van der Waals surface area (Å²) in [6.45, 7) is 8.66. The zero-order valence-electron chi connectivity index (χ0n) is 15.4. The molecule has 0 unspecified atom stereocenters. The highest BCUT2D eigenvalue weighted by molar-refractivity contribution is 5.81. The molecule has 0 radical (unpaired) electrons. The van der Waals surface area contributed by atoms with Gasteiger partial charge in [-0.05, 0) is 59.7 Å². The van der Waals surface area contributed by atoms with E-state index < -0.39 is 0 Å². The smallest absolute Gasteiger partial charge is 0.237 e. The number of carbonyl (C=O) groups excluding carboxylic acids is 2. The van der Waals surface area contributed by atoms with Crippen LogP contribution < -0.4 is 5.32 Å². The van der Waals surface area contributed by atoms with Crippen LogP contribution in [0.4, 0.5) is 0 Å². The van der Waals surface area contributed by atoms with Gasteiger partial charge in [0.05, 0.1) is 19.6 Å². The van der Waals surface area contributed by atoms with Crippen LogP contribution in [-0.4, -0.2) is 53.3 Å². The number of carbonyl (C=O) groups is 2. The fraction of sp³-hybridized carbons (Fsp3) is 0.667. The molecule has 1 N–H and O–H groups in total. The second-order valence-electron chi connectivity index (χ2n) is 7.74. The predicted molar refractivity (Wildman–Crippen MR) is 92.4 cm³/mol.